The van der Waals surface area contributed by atoms with Crippen molar-refractivity contribution in [2.75, 3.05) is 25.0 Å². The van der Waals surface area contributed by atoms with Gasteiger partial charge in [0.05, 0.1) is 35.7 Å². The van der Waals surface area contributed by atoms with Crippen molar-refractivity contribution in [2.45, 2.75) is 49.2 Å². The van der Waals surface area contributed by atoms with Crippen molar-refractivity contribution in [2.24, 2.45) is 5.73 Å². The molecule has 0 unspecified atom stereocenters. The van der Waals surface area contributed by atoms with Crippen LogP contribution in [0.1, 0.15) is 64.6 Å². The van der Waals surface area contributed by atoms with Crippen LogP contribution in [0.4, 0.5) is 14.7 Å². The first-order valence-electron chi connectivity index (χ1n) is 13.4. The van der Waals surface area contributed by atoms with Crippen LogP contribution >= 0.6 is 0 Å². The highest BCUT2D eigenvalue weighted by Gasteiger charge is 2.47. The highest BCUT2D eigenvalue weighted by atomic mass is 19.3. The average molecular weight is 528 g/mol. The van der Waals surface area contributed by atoms with E-state index in [0.29, 0.717) is 5.92 Å². The third kappa shape index (κ3) is 3.30. The Labute approximate surface area is 223 Å². The summed E-state index contributed by atoms with van der Waals surface area (Å²) < 4.78 is 30.2. The van der Waals surface area contributed by atoms with Gasteiger partial charge in [0.2, 0.25) is 5.95 Å². The van der Waals surface area contributed by atoms with E-state index in [-0.39, 0.29) is 30.5 Å². The number of anilines is 1. The van der Waals surface area contributed by atoms with Gasteiger partial charge in [-0.2, -0.15) is 0 Å². The molecule has 2 N–H and O–H groups in total. The monoisotopic (exact) mass is 527 g/mol. The fourth-order valence-electron chi connectivity index (χ4n) is 6.67. The van der Waals surface area contributed by atoms with Crippen molar-refractivity contribution in [3.8, 4) is 11.1 Å². The number of carbonyl (C=O) groups excluding carboxylic acids is 1. The summed E-state index contributed by atoms with van der Waals surface area (Å²) in [5.74, 6) is -1.21. The lowest BCUT2D eigenvalue weighted by Crippen LogP contribution is -2.38. The topological polar surface area (TPSA) is 93.2 Å². The van der Waals surface area contributed by atoms with Gasteiger partial charge in [-0.3, -0.25) is 4.79 Å². The molecule has 0 spiro atoms. The molecule has 39 heavy (non-hydrogen) atoms. The number of nitrogens with two attached hydrogens (primary N) is 1. The third-order valence-corrected chi connectivity index (χ3v) is 8.90. The molecule has 2 aromatic carbocycles. The molecule has 4 aromatic rings. The molecule has 2 aromatic heterocycles. The van der Waals surface area contributed by atoms with Crippen molar-refractivity contribution < 1.29 is 13.6 Å². The predicted octanol–water partition coefficient (Wildman–Crippen LogP) is 4.27. The van der Waals surface area contributed by atoms with Crippen LogP contribution in [0.15, 0.2) is 48.8 Å². The number of hydrogen-bond acceptors (Lipinski definition) is 6. The maximum absolute atomic E-state index is 13.9. The lowest BCUT2D eigenvalue weighted by atomic mass is 9.91. The van der Waals surface area contributed by atoms with Crippen LogP contribution in [0.5, 0.6) is 0 Å². The highest BCUT2D eigenvalue weighted by Crippen LogP contribution is 2.52. The van der Waals surface area contributed by atoms with Crippen molar-refractivity contribution >= 4 is 22.9 Å². The predicted molar refractivity (Wildman–Crippen MR) is 142 cm³/mol. The number of nitrogens with zero attached hydrogens (tertiary/aromatic N) is 6. The molecule has 8 rings (SSSR count). The van der Waals surface area contributed by atoms with Crippen molar-refractivity contribution in [3.05, 3.63) is 71.3 Å². The van der Waals surface area contributed by atoms with Crippen molar-refractivity contribution in [3.63, 3.8) is 0 Å². The smallest absolute Gasteiger partial charge is 0.281 e. The zero-order chi connectivity index (χ0) is 26.6. The summed E-state index contributed by atoms with van der Waals surface area (Å²) in [5, 5.41) is 0. The molecule has 2 fully saturated rings. The molecule has 1 amide bonds. The molecule has 0 radical (unpaired) electrons. The van der Waals surface area contributed by atoms with Crippen molar-refractivity contribution in [1.29, 1.82) is 0 Å². The second-order valence-corrected chi connectivity index (χ2v) is 11.3. The third-order valence-electron chi connectivity index (χ3n) is 8.90. The largest absolute Gasteiger partial charge is 0.333 e. The number of hydrogen-bond donors (Lipinski definition) is 1. The minimum atomic E-state index is -2.96. The standard InChI is InChI=1S/C29H27F2N7O/c1-36-23-10-22(25-18(15-5-6-15)3-2-4-19(25)27(36)39)38-21-9-16(7-8-20(21)35-26(23)38)17-11-33-28(34-12-17)37-13-24(32)29(30,31)14-37/h2-4,7-9,11-12,15,22-24H,5-6,10,13-14,32H2,1H3/t22-,23-,24+/m1/s1. The number of fused-ring (bicyclic) bond motifs is 9. The van der Waals surface area contributed by atoms with Gasteiger partial charge in [0.15, 0.2) is 0 Å². The second-order valence-electron chi connectivity index (χ2n) is 11.3. The maximum atomic E-state index is 13.9. The van der Waals surface area contributed by atoms with E-state index in [1.807, 2.05) is 36.2 Å². The summed E-state index contributed by atoms with van der Waals surface area (Å²) in [6.07, 6.45) is 6.47. The van der Waals surface area contributed by atoms with E-state index in [1.165, 1.54) is 10.5 Å². The lowest BCUT2D eigenvalue weighted by Gasteiger charge is -2.25. The molecular formula is C29H27F2N7O. The van der Waals surface area contributed by atoms with Crippen LogP contribution in [0.2, 0.25) is 0 Å². The van der Waals surface area contributed by atoms with E-state index in [2.05, 4.69) is 26.7 Å². The average Bonchev–Trinajstić information content (AvgIpc) is 3.57. The van der Waals surface area contributed by atoms with Crippen LogP contribution in [0.25, 0.3) is 22.2 Å². The van der Waals surface area contributed by atoms with Gasteiger partial charge in [-0.15, -0.1) is 0 Å². The molecule has 3 aliphatic heterocycles. The van der Waals surface area contributed by atoms with E-state index < -0.39 is 18.5 Å². The minimum Gasteiger partial charge on any atom is -0.333 e. The van der Waals surface area contributed by atoms with Crippen LogP contribution < -0.4 is 10.6 Å². The van der Waals surface area contributed by atoms with Gasteiger partial charge in [-0.25, -0.2) is 23.7 Å². The lowest BCUT2D eigenvalue weighted by molar-refractivity contribution is 0.00958. The van der Waals surface area contributed by atoms with Crippen LogP contribution in [-0.4, -0.2) is 62.4 Å². The minimum absolute atomic E-state index is 0.0179. The first-order chi connectivity index (χ1) is 18.8. The number of halogens is 2. The van der Waals surface area contributed by atoms with Crippen molar-refractivity contribution in [1.82, 2.24) is 24.4 Å². The fourth-order valence-corrected chi connectivity index (χ4v) is 6.67. The molecule has 5 heterocycles. The Morgan fingerprint density at radius 2 is 1.85 bits per heavy atom. The molecule has 1 saturated carbocycles. The number of aromatic nitrogens is 4. The maximum Gasteiger partial charge on any atom is 0.281 e. The quantitative estimate of drug-likeness (QED) is 0.428. The van der Waals surface area contributed by atoms with Gasteiger partial charge >= 0.3 is 0 Å². The summed E-state index contributed by atoms with van der Waals surface area (Å²) in [5.41, 5.74) is 12.4. The number of benzene rings is 2. The zero-order valence-electron chi connectivity index (χ0n) is 21.4. The summed E-state index contributed by atoms with van der Waals surface area (Å²) >= 11 is 0. The number of carbonyl (C=O) groups is 1. The Hall–Kier alpha value is -3.92. The number of rotatable bonds is 3. The van der Waals surface area contributed by atoms with Gasteiger partial charge in [0.25, 0.3) is 11.8 Å². The Morgan fingerprint density at radius 1 is 1.05 bits per heavy atom. The number of alkyl halides is 2. The molecule has 1 saturated heterocycles. The molecule has 10 heteroatoms. The van der Waals surface area contributed by atoms with Crippen LogP contribution in [0.3, 0.4) is 0 Å². The van der Waals surface area contributed by atoms with E-state index in [1.54, 1.807) is 12.4 Å². The SMILES string of the molecule is CN1C(=O)c2cccc(C3CC3)c2[C@H]2C[C@@H]1c1nc3ccc(-c4cnc(N5C[C@H](N)C(F)(F)C5)nc4)cc3n12. The van der Waals surface area contributed by atoms with Gasteiger partial charge in [-0.1, -0.05) is 18.2 Å². The molecule has 3 atom stereocenters. The van der Waals surface area contributed by atoms with Gasteiger partial charge in [-0.05, 0) is 53.6 Å². The molecule has 2 bridgehead atoms. The van der Waals surface area contributed by atoms with Crippen LogP contribution in [0, 0.1) is 0 Å². The van der Waals surface area contributed by atoms with Gasteiger partial charge in [0, 0.05) is 43.5 Å². The van der Waals surface area contributed by atoms with E-state index in [9.17, 15) is 13.6 Å². The Balaban J connectivity index is 1.21. The Morgan fingerprint density at radius 3 is 2.56 bits per heavy atom. The summed E-state index contributed by atoms with van der Waals surface area (Å²) in [7, 11) is 1.88. The van der Waals surface area contributed by atoms with E-state index >= 15 is 0 Å². The second kappa shape index (κ2) is 7.81. The summed E-state index contributed by atoms with van der Waals surface area (Å²) in [6, 6.07) is 11.0. The number of amides is 1. The summed E-state index contributed by atoms with van der Waals surface area (Å²) in [4.78, 5) is 30.5. The fraction of sp³-hybridized carbons (Fsp3) is 0.379. The molecule has 1 aliphatic carbocycles. The van der Waals surface area contributed by atoms with E-state index in [0.717, 1.165) is 58.4 Å². The van der Waals surface area contributed by atoms with E-state index in [4.69, 9.17) is 10.7 Å². The zero-order valence-corrected chi connectivity index (χ0v) is 21.4. The van der Waals surface area contributed by atoms with Gasteiger partial charge in [0.1, 0.15) is 5.82 Å². The first kappa shape index (κ1) is 23.0. The number of imidazole rings is 1. The molecule has 8 nitrogen and oxygen atoms in total. The van der Waals surface area contributed by atoms with Gasteiger partial charge < -0.3 is 20.1 Å². The molecular weight excluding hydrogens is 500 g/mol. The first-order valence-corrected chi connectivity index (χ1v) is 13.4. The Kier molecular flexibility index (Phi) is 4.61. The normalized spacial score (nSPS) is 25.2. The summed E-state index contributed by atoms with van der Waals surface area (Å²) in [6.45, 7) is -0.463. The molecule has 4 aliphatic rings. The Bertz CT molecular complexity index is 1660. The molecule has 198 valence electrons. The highest BCUT2D eigenvalue weighted by molar-refractivity contribution is 5.97. The van der Waals surface area contributed by atoms with Crippen LogP contribution in [-0.2, 0) is 0 Å².